The zero-order chi connectivity index (χ0) is 19.5. The van der Waals surface area contributed by atoms with Crippen LogP contribution in [0.4, 0.5) is 20.7 Å². The van der Waals surface area contributed by atoms with Gasteiger partial charge in [0.15, 0.2) is 0 Å². The molecule has 0 aliphatic carbocycles. The summed E-state index contributed by atoms with van der Waals surface area (Å²) >= 11 is 0. The SMILES string of the molecule is O=C(Nc1ccc(F)cc1)Nc1c2ccccc2nc(=O)n1CC1CCCO1. The number of urea groups is 1. The molecule has 1 aromatic heterocycles. The molecule has 8 heteroatoms. The van der Waals surface area contributed by atoms with E-state index in [1.54, 1.807) is 18.2 Å². The van der Waals surface area contributed by atoms with Gasteiger partial charge in [0.05, 0.1) is 18.2 Å². The average Bonchev–Trinajstić information content (AvgIpc) is 3.19. The average molecular weight is 382 g/mol. The molecular formula is C20H19FN4O3. The Hall–Kier alpha value is -3.26. The van der Waals surface area contributed by atoms with E-state index in [0.29, 0.717) is 35.6 Å². The number of hydrogen-bond acceptors (Lipinski definition) is 4. The number of carbonyl (C=O) groups is 1. The highest BCUT2D eigenvalue weighted by atomic mass is 19.1. The Kier molecular flexibility index (Phi) is 5.03. The van der Waals surface area contributed by atoms with E-state index in [-0.39, 0.29) is 6.10 Å². The molecular weight excluding hydrogens is 363 g/mol. The summed E-state index contributed by atoms with van der Waals surface area (Å²) in [5.74, 6) is -0.0396. The molecule has 0 bridgehead atoms. The molecule has 28 heavy (non-hydrogen) atoms. The van der Waals surface area contributed by atoms with Crippen LogP contribution in [0, 0.1) is 5.82 Å². The summed E-state index contributed by atoms with van der Waals surface area (Å²) in [5, 5.41) is 6.04. The van der Waals surface area contributed by atoms with Crippen LogP contribution in [0.15, 0.2) is 53.3 Å². The van der Waals surface area contributed by atoms with Crippen molar-refractivity contribution in [3.05, 3.63) is 64.8 Å². The minimum atomic E-state index is -0.538. The molecule has 4 rings (SSSR count). The summed E-state index contributed by atoms with van der Waals surface area (Å²) in [6.45, 7) is 0.969. The second-order valence-electron chi connectivity index (χ2n) is 6.59. The fraction of sp³-hybridized carbons (Fsp3) is 0.250. The number of fused-ring (bicyclic) bond motifs is 1. The number of rotatable bonds is 4. The summed E-state index contributed by atoms with van der Waals surface area (Å²) < 4.78 is 20.1. The fourth-order valence-corrected chi connectivity index (χ4v) is 3.28. The Bertz CT molecular complexity index is 1060. The zero-order valence-corrected chi connectivity index (χ0v) is 15.0. The van der Waals surface area contributed by atoms with Crippen molar-refractivity contribution in [1.29, 1.82) is 0 Å². The lowest BCUT2D eigenvalue weighted by Crippen LogP contribution is -2.33. The molecule has 1 aliphatic heterocycles. The minimum absolute atomic E-state index is 0.0960. The van der Waals surface area contributed by atoms with Gasteiger partial charge >= 0.3 is 11.7 Å². The lowest BCUT2D eigenvalue weighted by atomic mass is 10.2. The van der Waals surface area contributed by atoms with E-state index in [1.165, 1.54) is 28.8 Å². The lowest BCUT2D eigenvalue weighted by Gasteiger charge is -2.18. The third-order valence-electron chi connectivity index (χ3n) is 4.62. The van der Waals surface area contributed by atoms with E-state index in [9.17, 15) is 14.0 Å². The summed E-state index contributed by atoms with van der Waals surface area (Å²) in [6, 6.07) is 12.0. The zero-order valence-electron chi connectivity index (χ0n) is 15.0. The molecule has 7 nitrogen and oxygen atoms in total. The topological polar surface area (TPSA) is 85.3 Å². The van der Waals surface area contributed by atoms with E-state index in [2.05, 4.69) is 15.6 Å². The maximum atomic E-state index is 13.1. The quantitative estimate of drug-likeness (QED) is 0.725. The number of hydrogen-bond donors (Lipinski definition) is 2. The summed E-state index contributed by atoms with van der Waals surface area (Å²) in [6.07, 6.45) is 1.69. The Morgan fingerprint density at radius 1 is 1.18 bits per heavy atom. The molecule has 144 valence electrons. The largest absolute Gasteiger partial charge is 0.376 e. The molecule has 0 radical (unpaired) electrons. The third-order valence-corrected chi connectivity index (χ3v) is 4.62. The van der Waals surface area contributed by atoms with Crippen molar-refractivity contribution >= 4 is 28.4 Å². The van der Waals surface area contributed by atoms with Crippen LogP contribution < -0.4 is 16.3 Å². The van der Waals surface area contributed by atoms with Gasteiger partial charge in [-0.05, 0) is 49.2 Å². The molecule has 2 amide bonds. The molecule has 2 aromatic carbocycles. The molecule has 1 saturated heterocycles. The van der Waals surface area contributed by atoms with Crippen LogP contribution in [0.3, 0.4) is 0 Å². The van der Waals surface area contributed by atoms with E-state index < -0.39 is 17.5 Å². The highest BCUT2D eigenvalue weighted by Gasteiger charge is 2.21. The number of carbonyl (C=O) groups excluding carboxylic acids is 1. The van der Waals surface area contributed by atoms with Gasteiger partial charge in [0.2, 0.25) is 0 Å². The van der Waals surface area contributed by atoms with Crippen LogP contribution in [0.5, 0.6) is 0 Å². The first-order valence-corrected chi connectivity index (χ1v) is 9.05. The molecule has 1 aliphatic rings. The second-order valence-corrected chi connectivity index (χ2v) is 6.59. The second kappa shape index (κ2) is 7.77. The van der Waals surface area contributed by atoms with Gasteiger partial charge in [0.1, 0.15) is 11.6 Å². The summed E-state index contributed by atoms with van der Waals surface area (Å²) in [7, 11) is 0. The van der Waals surface area contributed by atoms with Crippen molar-refractivity contribution in [2.75, 3.05) is 17.2 Å². The number of nitrogens with one attached hydrogen (secondary N) is 2. The smallest absolute Gasteiger partial charge is 0.349 e. The Morgan fingerprint density at radius 3 is 2.71 bits per heavy atom. The van der Waals surface area contributed by atoms with Crippen LogP contribution in [0.25, 0.3) is 10.9 Å². The highest BCUT2D eigenvalue weighted by molar-refractivity contribution is 6.04. The van der Waals surface area contributed by atoms with Gasteiger partial charge in [-0.15, -0.1) is 0 Å². The first-order chi connectivity index (χ1) is 13.6. The lowest BCUT2D eigenvalue weighted by molar-refractivity contribution is 0.0964. The Morgan fingerprint density at radius 2 is 1.96 bits per heavy atom. The first kappa shape index (κ1) is 18.1. The van der Waals surface area contributed by atoms with Gasteiger partial charge < -0.3 is 10.1 Å². The first-order valence-electron chi connectivity index (χ1n) is 9.05. The Balaban J connectivity index is 1.67. The standard InChI is InChI=1S/C20H19FN4O3/c21-13-7-9-14(10-8-13)22-19(26)24-18-16-5-1-2-6-17(16)23-20(27)25(18)12-15-4-3-11-28-15/h1-2,5-10,15H,3-4,11-12H2,(H2,22,24,26). The van der Waals surface area contributed by atoms with Crippen LogP contribution in [-0.2, 0) is 11.3 Å². The number of nitrogens with zero attached hydrogens (tertiary/aromatic N) is 2. The van der Waals surface area contributed by atoms with E-state index >= 15 is 0 Å². The van der Waals surface area contributed by atoms with E-state index in [4.69, 9.17) is 4.74 Å². The van der Waals surface area contributed by atoms with Gasteiger partial charge in [-0.25, -0.2) is 14.0 Å². The van der Waals surface area contributed by atoms with Crippen molar-refractivity contribution in [2.45, 2.75) is 25.5 Å². The molecule has 0 spiro atoms. The van der Waals surface area contributed by atoms with Crippen LogP contribution in [0.2, 0.25) is 0 Å². The van der Waals surface area contributed by atoms with Gasteiger partial charge in [-0.2, -0.15) is 4.98 Å². The maximum absolute atomic E-state index is 13.1. The number of anilines is 2. The van der Waals surface area contributed by atoms with Crippen molar-refractivity contribution in [3.63, 3.8) is 0 Å². The number of aromatic nitrogens is 2. The summed E-state index contributed by atoms with van der Waals surface area (Å²) in [4.78, 5) is 29.2. The van der Waals surface area contributed by atoms with Gasteiger partial charge in [-0.1, -0.05) is 12.1 Å². The van der Waals surface area contributed by atoms with Crippen molar-refractivity contribution in [2.24, 2.45) is 0 Å². The molecule has 0 saturated carbocycles. The van der Waals surface area contributed by atoms with Crippen molar-refractivity contribution < 1.29 is 13.9 Å². The maximum Gasteiger partial charge on any atom is 0.349 e. The molecule has 1 unspecified atom stereocenters. The normalized spacial score (nSPS) is 16.2. The molecule has 1 atom stereocenters. The third kappa shape index (κ3) is 3.86. The van der Waals surface area contributed by atoms with Gasteiger partial charge in [0.25, 0.3) is 0 Å². The van der Waals surface area contributed by atoms with E-state index in [1.807, 2.05) is 6.07 Å². The predicted octanol–water partition coefficient (Wildman–Crippen LogP) is 3.36. The van der Waals surface area contributed by atoms with Crippen molar-refractivity contribution in [1.82, 2.24) is 9.55 Å². The molecule has 3 aromatic rings. The number of ether oxygens (including phenoxy) is 1. The molecule has 2 heterocycles. The predicted molar refractivity (Wildman–Crippen MR) is 104 cm³/mol. The minimum Gasteiger partial charge on any atom is -0.376 e. The van der Waals surface area contributed by atoms with Gasteiger partial charge in [0, 0.05) is 17.7 Å². The van der Waals surface area contributed by atoms with Crippen LogP contribution >= 0.6 is 0 Å². The number of halogens is 1. The molecule has 2 N–H and O–H groups in total. The summed E-state index contributed by atoms with van der Waals surface area (Å²) in [5.41, 5.74) is 0.477. The Labute approximate surface area is 160 Å². The number of benzene rings is 2. The van der Waals surface area contributed by atoms with Crippen molar-refractivity contribution in [3.8, 4) is 0 Å². The van der Waals surface area contributed by atoms with Gasteiger partial charge in [-0.3, -0.25) is 9.88 Å². The number of para-hydroxylation sites is 1. The van der Waals surface area contributed by atoms with Crippen LogP contribution in [-0.4, -0.2) is 28.3 Å². The van der Waals surface area contributed by atoms with E-state index in [0.717, 1.165) is 12.8 Å². The highest BCUT2D eigenvalue weighted by Crippen LogP contribution is 2.22. The number of amides is 2. The molecule has 1 fully saturated rings. The monoisotopic (exact) mass is 382 g/mol. The van der Waals surface area contributed by atoms with Crippen LogP contribution in [0.1, 0.15) is 12.8 Å². The fourth-order valence-electron chi connectivity index (χ4n) is 3.28.